The number of hydrogen-bond acceptors (Lipinski definition) is 4. The number of fused-ring (bicyclic) bond motifs is 1. The van der Waals surface area contributed by atoms with E-state index < -0.39 is 22.5 Å². The van der Waals surface area contributed by atoms with Gasteiger partial charge in [-0.15, -0.1) is 0 Å². The third-order valence-corrected chi connectivity index (χ3v) is 7.32. The maximum Gasteiger partial charge on any atom is 0.318 e. The van der Waals surface area contributed by atoms with Gasteiger partial charge in [0.25, 0.3) is 0 Å². The molecule has 0 aliphatic heterocycles. The van der Waals surface area contributed by atoms with E-state index in [2.05, 4.69) is 15.9 Å². The van der Waals surface area contributed by atoms with E-state index in [9.17, 15) is 13.2 Å². The first kappa shape index (κ1) is 21.1. The summed E-state index contributed by atoms with van der Waals surface area (Å²) in [6, 6.07) is 10.2. The second-order valence-electron chi connectivity index (χ2n) is 6.44. The number of aliphatic carboxylic acids is 1. The second-order valence-corrected chi connectivity index (χ2v) is 9.67. The monoisotopic (exact) mass is 487 g/mol. The minimum atomic E-state index is -4.09. The van der Waals surface area contributed by atoms with Crippen molar-refractivity contribution in [3.8, 4) is 5.75 Å². The van der Waals surface area contributed by atoms with E-state index in [1.54, 1.807) is 6.07 Å². The van der Waals surface area contributed by atoms with Crippen molar-refractivity contribution in [3.63, 3.8) is 0 Å². The molecule has 0 atom stereocenters. The molecule has 2 aromatic carbocycles. The predicted octanol–water partition coefficient (Wildman–Crippen LogP) is 3.75. The molecule has 28 heavy (non-hydrogen) atoms. The number of sulfonamides is 1. The van der Waals surface area contributed by atoms with Crippen LogP contribution in [-0.4, -0.2) is 43.5 Å². The van der Waals surface area contributed by atoms with Gasteiger partial charge < -0.3 is 9.84 Å². The summed E-state index contributed by atoms with van der Waals surface area (Å²) < 4.78 is 33.0. The maximum atomic E-state index is 12.9. The molecule has 1 aliphatic carbocycles. The van der Waals surface area contributed by atoms with Crippen molar-refractivity contribution in [2.24, 2.45) is 0 Å². The van der Waals surface area contributed by atoms with E-state index in [-0.39, 0.29) is 23.1 Å². The van der Waals surface area contributed by atoms with Gasteiger partial charge in [-0.3, -0.25) is 4.79 Å². The van der Waals surface area contributed by atoms with E-state index in [0.717, 1.165) is 23.6 Å². The Morgan fingerprint density at radius 3 is 2.64 bits per heavy atom. The fourth-order valence-corrected chi connectivity index (χ4v) is 5.55. The summed E-state index contributed by atoms with van der Waals surface area (Å²) in [7, 11) is -4.09. The van der Waals surface area contributed by atoms with Gasteiger partial charge in [-0.1, -0.05) is 33.6 Å². The van der Waals surface area contributed by atoms with E-state index in [4.69, 9.17) is 21.4 Å². The van der Waals surface area contributed by atoms with Gasteiger partial charge in [0.05, 0.1) is 5.02 Å². The minimum absolute atomic E-state index is 0.0179. The highest BCUT2D eigenvalue weighted by molar-refractivity contribution is 9.10. The summed E-state index contributed by atoms with van der Waals surface area (Å²) in [6.45, 7) is -0.764. The second kappa shape index (κ2) is 8.82. The molecule has 0 aromatic heterocycles. The molecule has 1 N–H and O–H groups in total. The Morgan fingerprint density at radius 1 is 1.18 bits per heavy atom. The number of halogens is 2. The number of benzene rings is 2. The molecule has 6 nitrogen and oxygen atoms in total. The molecule has 0 unspecified atom stereocenters. The Morgan fingerprint density at radius 2 is 1.93 bits per heavy atom. The number of carbonyl (C=O) groups is 1. The van der Waals surface area contributed by atoms with Gasteiger partial charge in [0.1, 0.15) is 23.8 Å². The summed E-state index contributed by atoms with van der Waals surface area (Å²) >= 11 is 9.29. The maximum absolute atomic E-state index is 12.9. The first-order valence-corrected chi connectivity index (χ1v) is 11.3. The smallest absolute Gasteiger partial charge is 0.318 e. The van der Waals surface area contributed by atoms with Crippen molar-refractivity contribution in [2.75, 3.05) is 19.7 Å². The van der Waals surface area contributed by atoms with Crippen molar-refractivity contribution in [2.45, 2.75) is 24.2 Å². The van der Waals surface area contributed by atoms with Crippen LogP contribution in [0.4, 0.5) is 0 Å². The lowest BCUT2D eigenvalue weighted by molar-refractivity contribution is -0.137. The molecule has 0 amide bonds. The van der Waals surface area contributed by atoms with Crippen LogP contribution in [0.3, 0.4) is 0 Å². The lowest BCUT2D eigenvalue weighted by Gasteiger charge is -2.21. The third-order valence-electron chi connectivity index (χ3n) is 4.50. The highest BCUT2D eigenvalue weighted by atomic mass is 79.9. The Bertz CT molecular complexity index is 996. The van der Waals surface area contributed by atoms with Crippen molar-refractivity contribution >= 4 is 43.5 Å². The Kier molecular flexibility index (Phi) is 6.65. The standard InChI is InChI=1S/C19H19BrClNO5S/c20-15-5-7-18(17(21)11-15)28(25,26)22(12-19(23)24)8-9-27-16-6-4-13-2-1-3-14(13)10-16/h4-7,10-11H,1-3,8-9,12H2,(H,23,24). The summed E-state index contributed by atoms with van der Waals surface area (Å²) in [5.74, 6) is -0.607. The van der Waals surface area contributed by atoms with Crippen LogP contribution in [0.5, 0.6) is 5.75 Å². The molecule has 0 bridgehead atoms. The van der Waals surface area contributed by atoms with E-state index in [1.165, 1.54) is 23.3 Å². The van der Waals surface area contributed by atoms with Crippen molar-refractivity contribution in [1.29, 1.82) is 0 Å². The average molecular weight is 489 g/mol. The Hall–Kier alpha value is -1.61. The number of carboxylic acid groups (broad SMARTS) is 1. The van der Waals surface area contributed by atoms with Crippen LogP contribution < -0.4 is 4.74 Å². The van der Waals surface area contributed by atoms with Crippen LogP contribution in [-0.2, 0) is 27.7 Å². The lowest BCUT2D eigenvalue weighted by Crippen LogP contribution is -2.38. The van der Waals surface area contributed by atoms with Crippen LogP contribution in [0.25, 0.3) is 0 Å². The number of rotatable bonds is 8. The molecular weight excluding hydrogens is 470 g/mol. The molecule has 0 saturated carbocycles. The van der Waals surface area contributed by atoms with Gasteiger partial charge in [-0.05, 0) is 60.7 Å². The van der Waals surface area contributed by atoms with E-state index >= 15 is 0 Å². The SMILES string of the molecule is O=C(O)CN(CCOc1ccc2c(c1)CCC2)S(=O)(=O)c1ccc(Br)cc1Cl. The Balaban J connectivity index is 1.73. The van der Waals surface area contributed by atoms with Gasteiger partial charge in [-0.25, -0.2) is 8.42 Å². The topological polar surface area (TPSA) is 83.9 Å². The highest BCUT2D eigenvalue weighted by Gasteiger charge is 2.28. The van der Waals surface area contributed by atoms with Gasteiger partial charge in [-0.2, -0.15) is 4.31 Å². The fourth-order valence-electron chi connectivity index (χ4n) is 3.16. The zero-order chi connectivity index (χ0) is 20.3. The Labute approximate surface area is 177 Å². The number of nitrogens with zero attached hydrogens (tertiary/aromatic N) is 1. The molecule has 1 aliphatic rings. The average Bonchev–Trinajstić information content (AvgIpc) is 3.08. The van der Waals surface area contributed by atoms with Gasteiger partial charge in [0.15, 0.2) is 0 Å². The molecule has 0 spiro atoms. The quantitative estimate of drug-likeness (QED) is 0.612. The molecule has 0 radical (unpaired) electrons. The first-order chi connectivity index (χ1) is 13.3. The molecule has 150 valence electrons. The third kappa shape index (κ3) is 4.86. The summed E-state index contributed by atoms with van der Waals surface area (Å²) in [5.41, 5.74) is 2.56. The van der Waals surface area contributed by atoms with Crippen molar-refractivity contribution in [1.82, 2.24) is 4.31 Å². The highest BCUT2D eigenvalue weighted by Crippen LogP contribution is 2.28. The van der Waals surface area contributed by atoms with E-state index in [1.807, 2.05) is 18.2 Å². The molecular formula is C19H19BrClNO5S. The largest absolute Gasteiger partial charge is 0.492 e. The summed E-state index contributed by atoms with van der Waals surface area (Å²) in [6.07, 6.45) is 3.19. The van der Waals surface area contributed by atoms with Crippen molar-refractivity contribution < 1.29 is 23.1 Å². The minimum Gasteiger partial charge on any atom is -0.492 e. The van der Waals surface area contributed by atoms with Gasteiger partial charge in [0, 0.05) is 11.0 Å². The fraction of sp³-hybridized carbons (Fsp3) is 0.316. The zero-order valence-electron chi connectivity index (χ0n) is 14.9. The molecule has 3 rings (SSSR count). The van der Waals surface area contributed by atoms with Crippen LogP contribution in [0, 0.1) is 0 Å². The molecule has 0 fully saturated rings. The summed E-state index contributed by atoms with van der Waals surface area (Å²) in [4.78, 5) is 11.1. The number of aryl methyl sites for hydroxylation is 2. The van der Waals surface area contributed by atoms with Crippen LogP contribution in [0.2, 0.25) is 5.02 Å². The normalized spacial score (nSPS) is 13.5. The van der Waals surface area contributed by atoms with Crippen LogP contribution in [0.15, 0.2) is 45.8 Å². The van der Waals surface area contributed by atoms with Crippen molar-refractivity contribution in [3.05, 3.63) is 57.0 Å². The molecule has 9 heteroatoms. The van der Waals surface area contributed by atoms with Crippen LogP contribution >= 0.6 is 27.5 Å². The predicted molar refractivity (Wildman–Crippen MR) is 110 cm³/mol. The molecule has 0 saturated heterocycles. The van der Waals surface area contributed by atoms with Gasteiger partial charge in [0.2, 0.25) is 10.0 Å². The van der Waals surface area contributed by atoms with Gasteiger partial charge >= 0.3 is 5.97 Å². The van der Waals surface area contributed by atoms with E-state index in [0.29, 0.717) is 10.2 Å². The number of carboxylic acids is 1. The summed E-state index contributed by atoms with van der Waals surface area (Å²) in [5, 5.41) is 9.16. The molecule has 0 heterocycles. The lowest BCUT2D eigenvalue weighted by atomic mass is 10.1. The number of ether oxygens (including phenoxy) is 1. The first-order valence-electron chi connectivity index (χ1n) is 8.69. The van der Waals surface area contributed by atoms with Crippen LogP contribution in [0.1, 0.15) is 17.5 Å². The zero-order valence-corrected chi connectivity index (χ0v) is 18.1. The molecule has 2 aromatic rings. The number of hydrogen-bond donors (Lipinski definition) is 1.